The number of nitrogens with zero attached hydrogens (tertiary/aromatic N) is 3. The van der Waals surface area contributed by atoms with Crippen molar-refractivity contribution in [3.8, 4) is 5.75 Å². The molecule has 2 aromatic carbocycles. The molecular weight excluding hydrogens is 438 g/mol. The zero-order valence-electron chi connectivity index (χ0n) is 20.5. The largest absolute Gasteiger partial charge is 0.497 e. The molecule has 6 heteroatoms. The molecule has 1 amide bonds. The van der Waals surface area contributed by atoms with Crippen molar-refractivity contribution in [3.05, 3.63) is 65.9 Å². The van der Waals surface area contributed by atoms with Gasteiger partial charge >= 0.3 is 6.09 Å². The monoisotopic (exact) mass is 471 g/mol. The topological polar surface area (TPSA) is 54.9 Å². The summed E-state index contributed by atoms with van der Waals surface area (Å²) >= 11 is 0. The first-order chi connectivity index (χ1) is 17.2. The molecule has 6 nitrogen and oxygen atoms in total. The molecule has 4 aliphatic rings. The van der Waals surface area contributed by atoms with Gasteiger partial charge in [-0.15, -0.1) is 0 Å². The van der Waals surface area contributed by atoms with Crippen molar-refractivity contribution in [1.29, 1.82) is 0 Å². The Morgan fingerprint density at radius 1 is 1.17 bits per heavy atom. The third-order valence-corrected chi connectivity index (χ3v) is 8.43. The smallest absolute Gasteiger partial charge is 0.414 e. The summed E-state index contributed by atoms with van der Waals surface area (Å²) in [6, 6.07) is 16.3. The number of piperidine rings is 3. The summed E-state index contributed by atoms with van der Waals surface area (Å²) in [4.78, 5) is 22.6. The fourth-order valence-electron chi connectivity index (χ4n) is 6.53. The number of pyridine rings is 1. The van der Waals surface area contributed by atoms with Crippen molar-refractivity contribution in [2.75, 3.05) is 31.6 Å². The predicted molar refractivity (Wildman–Crippen MR) is 137 cm³/mol. The number of anilines is 1. The lowest BCUT2D eigenvalue weighted by Gasteiger charge is -2.51. The van der Waals surface area contributed by atoms with E-state index in [1.165, 1.54) is 18.4 Å². The number of hydrogen-bond acceptors (Lipinski definition) is 5. The Hall–Kier alpha value is -3.12. The summed E-state index contributed by atoms with van der Waals surface area (Å²) < 4.78 is 12.0. The van der Waals surface area contributed by atoms with E-state index in [0.29, 0.717) is 12.5 Å². The van der Waals surface area contributed by atoms with Gasteiger partial charge in [0.1, 0.15) is 11.9 Å². The van der Waals surface area contributed by atoms with Crippen LogP contribution in [0, 0.1) is 11.8 Å². The molecule has 2 bridgehead atoms. The van der Waals surface area contributed by atoms with E-state index in [1.54, 1.807) is 12.0 Å². The predicted octanol–water partition coefficient (Wildman–Crippen LogP) is 5.60. The van der Waals surface area contributed by atoms with Gasteiger partial charge in [-0.25, -0.2) is 4.79 Å². The van der Waals surface area contributed by atoms with Gasteiger partial charge in [0.25, 0.3) is 0 Å². The normalized spacial score (nSPS) is 25.9. The maximum Gasteiger partial charge on any atom is 0.414 e. The van der Waals surface area contributed by atoms with E-state index >= 15 is 0 Å². The van der Waals surface area contributed by atoms with Gasteiger partial charge in [0.2, 0.25) is 0 Å². The standard InChI is InChI=1S/C29H33N3O3/c1-3-19-18-31-14-11-21(19)16-27(31)28(23-10-13-30-25-9-8-22(34-2)17-24(23)25)35-29(33)32-15-12-20-6-4-5-7-26(20)32/h4-10,13,17,19,21,27-28H,3,11-12,14-16,18H2,1-2H3/t19-,21-,27-,28+/m0/s1. The number of para-hydroxylation sites is 1. The molecule has 5 atom stereocenters. The third-order valence-electron chi connectivity index (χ3n) is 8.43. The van der Waals surface area contributed by atoms with Crippen molar-refractivity contribution in [2.24, 2.45) is 11.8 Å². The van der Waals surface area contributed by atoms with Crippen molar-refractivity contribution in [1.82, 2.24) is 9.88 Å². The molecule has 1 unspecified atom stereocenters. The molecule has 1 aromatic heterocycles. The van der Waals surface area contributed by atoms with Crippen LogP contribution in [0.3, 0.4) is 0 Å². The average molecular weight is 472 g/mol. The summed E-state index contributed by atoms with van der Waals surface area (Å²) in [6.45, 7) is 5.11. The Morgan fingerprint density at radius 3 is 2.86 bits per heavy atom. The first kappa shape index (κ1) is 22.4. The highest BCUT2D eigenvalue weighted by Gasteiger charge is 2.45. The maximum absolute atomic E-state index is 13.7. The van der Waals surface area contributed by atoms with E-state index in [1.807, 2.05) is 48.7 Å². The molecule has 0 saturated carbocycles. The van der Waals surface area contributed by atoms with Crippen LogP contribution in [0.5, 0.6) is 5.75 Å². The van der Waals surface area contributed by atoms with Crippen LogP contribution >= 0.6 is 0 Å². The summed E-state index contributed by atoms with van der Waals surface area (Å²) in [5.41, 5.74) is 4.07. The lowest BCUT2D eigenvalue weighted by Crippen LogP contribution is -2.56. The molecular formula is C29H33N3O3. The van der Waals surface area contributed by atoms with Crippen molar-refractivity contribution < 1.29 is 14.3 Å². The molecule has 7 rings (SSSR count). The molecule has 0 aliphatic carbocycles. The van der Waals surface area contributed by atoms with Crippen LogP contribution in [0.2, 0.25) is 0 Å². The zero-order chi connectivity index (χ0) is 23.9. The van der Waals surface area contributed by atoms with Crippen LogP contribution in [-0.2, 0) is 11.2 Å². The third kappa shape index (κ3) is 3.94. The molecule has 3 saturated heterocycles. The van der Waals surface area contributed by atoms with E-state index < -0.39 is 0 Å². The van der Waals surface area contributed by atoms with Gasteiger partial charge in [0.05, 0.1) is 24.4 Å². The van der Waals surface area contributed by atoms with Crippen molar-refractivity contribution in [3.63, 3.8) is 0 Å². The molecule has 182 valence electrons. The van der Waals surface area contributed by atoms with Crippen LogP contribution < -0.4 is 9.64 Å². The first-order valence-corrected chi connectivity index (χ1v) is 12.9. The number of hydrogen-bond donors (Lipinski definition) is 0. The summed E-state index contributed by atoms with van der Waals surface area (Å²) in [7, 11) is 1.68. The quantitative estimate of drug-likeness (QED) is 0.485. The van der Waals surface area contributed by atoms with E-state index in [0.717, 1.165) is 59.8 Å². The summed E-state index contributed by atoms with van der Waals surface area (Å²) in [5.74, 6) is 2.20. The molecule has 35 heavy (non-hydrogen) atoms. The van der Waals surface area contributed by atoms with Crippen LogP contribution in [0.4, 0.5) is 10.5 Å². The summed E-state index contributed by atoms with van der Waals surface area (Å²) in [5, 5.41) is 0.987. The minimum absolute atomic E-state index is 0.162. The van der Waals surface area contributed by atoms with E-state index in [2.05, 4.69) is 22.9 Å². The minimum Gasteiger partial charge on any atom is -0.497 e. The Bertz CT molecular complexity index is 1240. The molecule has 4 aliphatic heterocycles. The maximum atomic E-state index is 13.7. The van der Waals surface area contributed by atoms with Crippen molar-refractivity contribution >= 4 is 22.7 Å². The van der Waals surface area contributed by atoms with Gasteiger partial charge < -0.3 is 9.47 Å². The Labute approximate surface area is 206 Å². The fraction of sp³-hybridized carbons (Fsp3) is 0.448. The summed E-state index contributed by atoms with van der Waals surface area (Å²) in [6.07, 6.45) is 5.57. The number of methoxy groups -OCH3 is 1. The van der Waals surface area contributed by atoms with Crippen LogP contribution in [-0.4, -0.2) is 48.8 Å². The number of carbonyl (C=O) groups excluding carboxylic acids is 1. The molecule has 0 spiro atoms. The Kier molecular flexibility index (Phi) is 5.85. The molecule has 0 radical (unpaired) electrons. The number of aromatic nitrogens is 1. The van der Waals surface area contributed by atoms with Crippen LogP contribution in [0.25, 0.3) is 10.9 Å². The van der Waals surface area contributed by atoms with E-state index in [4.69, 9.17) is 9.47 Å². The number of amides is 1. The van der Waals surface area contributed by atoms with E-state index in [-0.39, 0.29) is 18.2 Å². The number of carbonyl (C=O) groups is 1. The van der Waals surface area contributed by atoms with Gasteiger partial charge in [-0.3, -0.25) is 14.8 Å². The van der Waals surface area contributed by atoms with E-state index in [9.17, 15) is 4.79 Å². The van der Waals surface area contributed by atoms with Gasteiger partial charge in [0, 0.05) is 30.2 Å². The SMILES string of the molecule is CC[C@H]1CN2CC[C@H]1C[C@H]2[C@H](OC(=O)N1CCc2ccccc21)c1ccnc2ccc(OC)cc12. The highest BCUT2D eigenvalue weighted by molar-refractivity contribution is 5.91. The van der Waals surface area contributed by atoms with Crippen LogP contribution in [0.15, 0.2) is 54.7 Å². The molecule has 5 heterocycles. The lowest BCUT2D eigenvalue weighted by molar-refractivity contribution is -0.0593. The number of rotatable bonds is 5. The van der Waals surface area contributed by atoms with Gasteiger partial charge in [-0.1, -0.05) is 31.5 Å². The van der Waals surface area contributed by atoms with Crippen molar-refractivity contribution in [2.45, 2.75) is 44.8 Å². The number of ether oxygens (including phenoxy) is 2. The minimum atomic E-state index is -0.367. The Morgan fingerprint density at radius 2 is 2.06 bits per heavy atom. The lowest BCUT2D eigenvalue weighted by atomic mass is 9.72. The van der Waals surface area contributed by atoms with Crippen LogP contribution in [0.1, 0.15) is 43.4 Å². The van der Waals surface area contributed by atoms with Gasteiger partial charge in [-0.2, -0.15) is 0 Å². The molecule has 0 N–H and O–H groups in total. The second kappa shape index (κ2) is 9.15. The second-order valence-corrected chi connectivity index (χ2v) is 10.1. The highest BCUT2D eigenvalue weighted by atomic mass is 16.6. The number of benzene rings is 2. The Balaban J connectivity index is 1.39. The number of fused-ring (bicyclic) bond motifs is 5. The first-order valence-electron chi connectivity index (χ1n) is 12.9. The fourth-order valence-corrected chi connectivity index (χ4v) is 6.53. The molecule has 3 fully saturated rings. The molecule has 3 aromatic rings. The second-order valence-electron chi connectivity index (χ2n) is 10.1. The average Bonchev–Trinajstić information content (AvgIpc) is 3.35. The van der Waals surface area contributed by atoms with Gasteiger partial charge in [0.15, 0.2) is 0 Å². The van der Waals surface area contributed by atoms with Gasteiger partial charge in [-0.05, 0) is 73.5 Å². The zero-order valence-corrected chi connectivity index (χ0v) is 20.5. The highest BCUT2D eigenvalue weighted by Crippen LogP contribution is 2.44.